The van der Waals surface area contributed by atoms with Gasteiger partial charge in [-0.25, -0.2) is 4.79 Å². The van der Waals surface area contributed by atoms with Gasteiger partial charge in [0.2, 0.25) is 0 Å². The van der Waals surface area contributed by atoms with E-state index >= 15 is 0 Å². The third kappa shape index (κ3) is 5.68. The molecule has 0 aliphatic rings. The first-order valence-electron chi connectivity index (χ1n) is 9.25. The third-order valence-corrected chi connectivity index (χ3v) is 6.45. The molecular weight excluding hydrogens is 377 g/mol. The van der Waals surface area contributed by atoms with Crippen molar-refractivity contribution in [2.75, 3.05) is 26.1 Å². The Morgan fingerprint density at radius 3 is 2.18 bits per heavy atom. The lowest BCUT2D eigenvalue weighted by Gasteiger charge is -2.26. The minimum atomic E-state index is -3.45. The van der Waals surface area contributed by atoms with Crippen LogP contribution < -0.4 is 5.32 Å². The normalized spacial score (nSPS) is 12.4. The van der Waals surface area contributed by atoms with E-state index in [0.29, 0.717) is 17.9 Å². The standard InChI is InChI=1S/C21H28NO5P/c1-5-6-15-27-21(23)18-11-13-19(14-12-18)22-20(28(24,25-3)26-4)17-9-7-16(2)8-10-17/h7-14,20,22H,5-6,15H2,1-4H3/t20-/m0/s1. The van der Waals surface area contributed by atoms with Crippen LogP contribution in [0.2, 0.25) is 0 Å². The van der Waals surface area contributed by atoms with Gasteiger partial charge in [0.05, 0.1) is 12.2 Å². The number of anilines is 1. The monoisotopic (exact) mass is 405 g/mol. The Morgan fingerprint density at radius 1 is 1.04 bits per heavy atom. The molecule has 0 saturated heterocycles. The van der Waals surface area contributed by atoms with Gasteiger partial charge in [-0.2, -0.15) is 0 Å². The maximum Gasteiger partial charge on any atom is 0.356 e. The summed E-state index contributed by atoms with van der Waals surface area (Å²) in [5, 5.41) is 3.21. The fourth-order valence-electron chi connectivity index (χ4n) is 2.63. The van der Waals surface area contributed by atoms with Gasteiger partial charge in [0.25, 0.3) is 0 Å². The van der Waals surface area contributed by atoms with Crippen molar-refractivity contribution in [3.8, 4) is 0 Å². The van der Waals surface area contributed by atoms with E-state index in [4.69, 9.17) is 13.8 Å². The van der Waals surface area contributed by atoms with Gasteiger partial charge in [-0.3, -0.25) is 4.57 Å². The first-order valence-corrected chi connectivity index (χ1v) is 10.9. The number of unbranched alkanes of at least 4 members (excludes halogenated alkanes) is 1. The third-order valence-electron chi connectivity index (χ3n) is 4.37. The average molecular weight is 405 g/mol. The van der Waals surface area contributed by atoms with Crippen LogP contribution in [0, 0.1) is 6.92 Å². The summed E-state index contributed by atoms with van der Waals surface area (Å²) >= 11 is 0. The Labute approximate surface area is 166 Å². The van der Waals surface area contributed by atoms with Gasteiger partial charge >= 0.3 is 13.6 Å². The molecule has 2 aromatic carbocycles. The van der Waals surface area contributed by atoms with Gasteiger partial charge in [0.1, 0.15) is 0 Å². The van der Waals surface area contributed by atoms with Gasteiger partial charge in [-0.1, -0.05) is 43.2 Å². The second kappa shape index (κ2) is 10.4. The van der Waals surface area contributed by atoms with E-state index in [-0.39, 0.29) is 5.97 Å². The predicted molar refractivity (Wildman–Crippen MR) is 111 cm³/mol. The predicted octanol–water partition coefficient (Wildman–Crippen LogP) is 5.55. The van der Waals surface area contributed by atoms with Crippen LogP contribution in [-0.2, 0) is 18.3 Å². The Morgan fingerprint density at radius 2 is 1.64 bits per heavy atom. The van der Waals surface area contributed by atoms with Crippen LogP contribution in [0.3, 0.4) is 0 Å². The summed E-state index contributed by atoms with van der Waals surface area (Å²) < 4.78 is 28.7. The lowest BCUT2D eigenvalue weighted by atomic mass is 10.1. The molecule has 1 N–H and O–H groups in total. The molecule has 1 atom stereocenters. The van der Waals surface area contributed by atoms with Crippen LogP contribution in [0.5, 0.6) is 0 Å². The number of carbonyl (C=O) groups excluding carboxylic acids is 1. The van der Waals surface area contributed by atoms with Gasteiger partial charge in [0, 0.05) is 19.9 Å². The zero-order valence-electron chi connectivity index (χ0n) is 16.8. The van der Waals surface area contributed by atoms with E-state index in [2.05, 4.69) is 5.32 Å². The Kier molecular flexibility index (Phi) is 8.24. The number of aryl methyl sites for hydroxylation is 1. The zero-order valence-corrected chi connectivity index (χ0v) is 17.7. The Bertz CT molecular complexity index is 797. The number of hydrogen-bond donors (Lipinski definition) is 1. The van der Waals surface area contributed by atoms with E-state index < -0.39 is 13.4 Å². The molecule has 0 fully saturated rings. The summed E-state index contributed by atoms with van der Waals surface area (Å²) in [5.74, 6) is -1.04. The molecule has 0 bridgehead atoms. The molecule has 0 aliphatic heterocycles. The largest absolute Gasteiger partial charge is 0.462 e. The van der Waals surface area contributed by atoms with Gasteiger partial charge in [-0.15, -0.1) is 0 Å². The maximum absolute atomic E-state index is 13.1. The van der Waals surface area contributed by atoms with Crippen molar-refractivity contribution < 1.29 is 23.1 Å². The first-order chi connectivity index (χ1) is 13.4. The lowest BCUT2D eigenvalue weighted by molar-refractivity contribution is 0.0499. The van der Waals surface area contributed by atoms with Gasteiger partial charge in [0.15, 0.2) is 5.78 Å². The minimum absolute atomic E-state index is 0.352. The zero-order chi connectivity index (χ0) is 20.6. The molecule has 0 amide bonds. The molecule has 2 aromatic rings. The lowest BCUT2D eigenvalue weighted by Crippen LogP contribution is -2.14. The molecule has 7 heteroatoms. The van der Waals surface area contributed by atoms with Crippen LogP contribution in [0.15, 0.2) is 48.5 Å². The van der Waals surface area contributed by atoms with Crippen molar-refractivity contribution in [1.29, 1.82) is 0 Å². The number of rotatable bonds is 10. The summed E-state index contributed by atoms with van der Waals surface area (Å²) in [4.78, 5) is 12.0. The van der Waals surface area contributed by atoms with Crippen molar-refractivity contribution in [3.05, 3.63) is 65.2 Å². The van der Waals surface area contributed by atoms with E-state index in [0.717, 1.165) is 24.0 Å². The second-order valence-corrected chi connectivity index (χ2v) is 8.76. The van der Waals surface area contributed by atoms with E-state index in [1.165, 1.54) is 14.2 Å². The summed E-state index contributed by atoms with van der Waals surface area (Å²) in [6.07, 6.45) is 1.81. The molecule has 0 aliphatic carbocycles. The number of nitrogens with one attached hydrogen (secondary N) is 1. The Hall–Kier alpha value is -2.14. The minimum Gasteiger partial charge on any atom is -0.462 e. The molecular formula is C21H28NO5P. The van der Waals surface area contributed by atoms with Crippen LogP contribution in [-0.4, -0.2) is 26.8 Å². The van der Waals surface area contributed by atoms with Crippen molar-refractivity contribution in [3.63, 3.8) is 0 Å². The highest BCUT2D eigenvalue weighted by atomic mass is 31.2. The number of ether oxygens (including phenoxy) is 1. The van der Waals surface area contributed by atoms with E-state index in [1.807, 2.05) is 38.1 Å². The van der Waals surface area contributed by atoms with Crippen molar-refractivity contribution in [2.24, 2.45) is 0 Å². The van der Waals surface area contributed by atoms with Crippen molar-refractivity contribution >= 4 is 19.3 Å². The highest BCUT2D eigenvalue weighted by Gasteiger charge is 2.35. The second-order valence-electron chi connectivity index (χ2n) is 6.43. The molecule has 152 valence electrons. The summed E-state index contributed by atoms with van der Waals surface area (Å²) in [5.41, 5.74) is 3.03. The summed E-state index contributed by atoms with van der Waals surface area (Å²) in [7, 11) is -0.719. The van der Waals surface area contributed by atoms with Crippen molar-refractivity contribution in [2.45, 2.75) is 32.5 Å². The van der Waals surface area contributed by atoms with Gasteiger partial charge in [-0.05, 0) is 43.2 Å². The molecule has 0 unspecified atom stereocenters. The number of hydrogen-bond acceptors (Lipinski definition) is 6. The fraction of sp³-hybridized carbons (Fsp3) is 0.381. The topological polar surface area (TPSA) is 73.9 Å². The smallest absolute Gasteiger partial charge is 0.356 e. The molecule has 0 heterocycles. The van der Waals surface area contributed by atoms with Crippen LogP contribution in [0.25, 0.3) is 0 Å². The van der Waals surface area contributed by atoms with Crippen LogP contribution in [0.4, 0.5) is 5.69 Å². The first kappa shape index (κ1) is 22.2. The highest BCUT2D eigenvalue weighted by Crippen LogP contribution is 2.59. The number of esters is 1. The SMILES string of the molecule is CCCCOC(=O)c1ccc(N[C@H](c2ccc(C)cc2)P(=O)(OC)OC)cc1. The van der Waals surface area contributed by atoms with E-state index in [9.17, 15) is 9.36 Å². The average Bonchev–Trinajstić information content (AvgIpc) is 2.73. The molecule has 0 spiro atoms. The quantitative estimate of drug-likeness (QED) is 0.317. The molecule has 28 heavy (non-hydrogen) atoms. The molecule has 6 nitrogen and oxygen atoms in total. The highest BCUT2D eigenvalue weighted by molar-refractivity contribution is 7.54. The Balaban J connectivity index is 2.21. The number of carbonyl (C=O) groups is 1. The summed E-state index contributed by atoms with van der Waals surface area (Å²) in [6.45, 7) is 4.43. The molecule has 0 radical (unpaired) electrons. The maximum atomic E-state index is 13.1. The van der Waals surface area contributed by atoms with E-state index in [1.54, 1.807) is 24.3 Å². The molecule has 0 aromatic heterocycles. The fourth-order valence-corrected chi connectivity index (χ4v) is 4.05. The van der Waals surface area contributed by atoms with Gasteiger partial charge < -0.3 is 19.1 Å². The number of benzene rings is 2. The van der Waals surface area contributed by atoms with Crippen molar-refractivity contribution in [1.82, 2.24) is 0 Å². The summed E-state index contributed by atoms with van der Waals surface area (Å²) in [6, 6.07) is 14.5. The van der Waals surface area contributed by atoms with Crippen LogP contribution in [0.1, 0.15) is 47.0 Å². The van der Waals surface area contributed by atoms with Crippen LogP contribution >= 0.6 is 7.60 Å². The molecule has 0 saturated carbocycles. The molecule has 2 rings (SSSR count).